The summed E-state index contributed by atoms with van der Waals surface area (Å²) >= 11 is 1.17. The number of carbonyl (C=O) groups excluding carboxylic acids is 5. The summed E-state index contributed by atoms with van der Waals surface area (Å²) in [4.78, 5) is 83.5. The van der Waals surface area contributed by atoms with E-state index in [9.17, 15) is 47.6 Å². The molecule has 18 nitrogen and oxygen atoms in total. The number of nitro benzene ring substituents is 1. The molecule has 2 aromatic rings. The Labute approximate surface area is 346 Å². The SMILES string of the molecule is CC1C(S[C@H]2C[C@@H](C(=O)N(Cc3ccc(S(N)(=O)=O)cc3)C(=O)OC(C)(C)C)N(C(=O)OC(C)(C)C)C2)=C(C(=O)OCc2ccc([N+](=O)[O-])cc2)N2C(=O)C([C@@H](C)O)C12. The number of hydrogen-bond donors (Lipinski definition) is 2. The maximum atomic E-state index is 14.6. The number of benzene rings is 2. The molecular formula is C39H49N5O13S2. The molecule has 3 N–H and O–H groups in total. The van der Waals surface area contributed by atoms with Crippen molar-refractivity contribution in [3.8, 4) is 0 Å². The van der Waals surface area contributed by atoms with Gasteiger partial charge < -0.3 is 24.2 Å². The minimum absolute atomic E-state index is 0.0355. The van der Waals surface area contributed by atoms with Gasteiger partial charge in [0, 0.05) is 34.8 Å². The van der Waals surface area contributed by atoms with Crippen LogP contribution >= 0.6 is 11.8 Å². The highest BCUT2D eigenvalue weighted by Gasteiger charge is 2.61. The molecular weight excluding hydrogens is 811 g/mol. The molecule has 0 aromatic heterocycles. The summed E-state index contributed by atoms with van der Waals surface area (Å²) in [6.45, 7) is 12.4. The molecule has 2 saturated heterocycles. The first-order chi connectivity index (χ1) is 27.3. The van der Waals surface area contributed by atoms with Gasteiger partial charge in [0.05, 0.1) is 34.4 Å². The topological polar surface area (TPSA) is 246 Å². The number of primary sulfonamides is 1. The number of aliphatic hydroxyl groups is 1. The predicted molar refractivity (Wildman–Crippen MR) is 212 cm³/mol. The number of β-lactam (4-membered cyclic amide) rings is 1. The molecule has 3 aliphatic heterocycles. The van der Waals surface area contributed by atoms with Crippen molar-refractivity contribution in [3.05, 3.63) is 80.4 Å². The molecule has 0 spiro atoms. The minimum Gasteiger partial charge on any atom is -0.456 e. The molecule has 2 aromatic carbocycles. The smallest absolute Gasteiger partial charge is 0.417 e. The predicted octanol–water partition coefficient (Wildman–Crippen LogP) is 4.43. The third-order valence-electron chi connectivity index (χ3n) is 9.76. The van der Waals surface area contributed by atoms with Crippen molar-refractivity contribution in [2.24, 2.45) is 17.0 Å². The molecule has 3 aliphatic rings. The molecule has 59 heavy (non-hydrogen) atoms. The molecule has 0 radical (unpaired) electrons. The Kier molecular flexibility index (Phi) is 12.9. The first kappa shape index (κ1) is 45.0. The lowest BCUT2D eigenvalue weighted by atomic mass is 9.79. The van der Waals surface area contributed by atoms with Gasteiger partial charge in [0.25, 0.3) is 11.6 Å². The average molecular weight is 860 g/mol. The number of sulfonamides is 1. The number of hydrogen-bond acceptors (Lipinski definition) is 14. The summed E-state index contributed by atoms with van der Waals surface area (Å²) in [7, 11) is -4.03. The van der Waals surface area contributed by atoms with Crippen LogP contribution in [0.15, 0.2) is 64.0 Å². The van der Waals surface area contributed by atoms with Gasteiger partial charge in [-0.25, -0.2) is 32.8 Å². The van der Waals surface area contributed by atoms with Crippen molar-refractivity contribution in [1.29, 1.82) is 0 Å². The number of likely N-dealkylation sites (tertiary alicyclic amines) is 1. The molecule has 2 fully saturated rings. The number of nitro groups is 1. The third kappa shape index (κ3) is 10.2. The number of thioether (sulfide) groups is 1. The quantitative estimate of drug-likeness (QED) is 0.104. The Morgan fingerprint density at radius 1 is 1.00 bits per heavy atom. The van der Waals surface area contributed by atoms with Gasteiger partial charge in [0.15, 0.2) is 0 Å². The van der Waals surface area contributed by atoms with E-state index in [4.69, 9.17) is 19.3 Å². The molecule has 4 amide bonds. The van der Waals surface area contributed by atoms with Gasteiger partial charge in [0.1, 0.15) is 29.5 Å². The summed E-state index contributed by atoms with van der Waals surface area (Å²) in [6.07, 6.45) is -2.93. The van der Waals surface area contributed by atoms with E-state index in [1.54, 1.807) is 48.5 Å². The van der Waals surface area contributed by atoms with Crippen molar-refractivity contribution >= 4 is 57.4 Å². The summed E-state index contributed by atoms with van der Waals surface area (Å²) in [5.74, 6) is -3.43. The van der Waals surface area contributed by atoms with Crippen LogP contribution in [0.25, 0.3) is 0 Å². The molecule has 0 aliphatic carbocycles. The zero-order chi connectivity index (χ0) is 43.9. The molecule has 0 saturated carbocycles. The monoisotopic (exact) mass is 859 g/mol. The standard InChI is InChI=1S/C39H49N5O13S2/c1-21-30-29(22(2)45)34(47)43(30)31(35(48)55-20-24-9-13-25(14-10-24)44(51)52)32(21)58-26-17-28(41(19-26)36(49)56-38(3,4)5)33(46)42(37(50)57-39(6,7)8)18-23-11-15-27(16-12-23)59(40,53)54/h9-16,21-22,26,28-30,45H,17-20H2,1-8H3,(H2,40,53,54)/t21?,22-,26+,28+,29?,30?/m1/s1. The summed E-state index contributed by atoms with van der Waals surface area (Å²) in [5.41, 5.74) is -1.39. The molecule has 3 heterocycles. The highest BCUT2D eigenvalue weighted by Crippen LogP contribution is 2.52. The Balaban J connectivity index is 1.48. The zero-order valence-corrected chi connectivity index (χ0v) is 35.6. The van der Waals surface area contributed by atoms with E-state index >= 15 is 0 Å². The maximum absolute atomic E-state index is 14.6. The van der Waals surface area contributed by atoms with Crippen LogP contribution in [0.4, 0.5) is 15.3 Å². The van der Waals surface area contributed by atoms with Crippen molar-refractivity contribution in [1.82, 2.24) is 14.7 Å². The second kappa shape index (κ2) is 16.9. The summed E-state index contributed by atoms with van der Waals surface area (Å²) < 4.78 is 40.7. The van der Waals surface area contributed by atoms with Crippen molar-refractivity contribution in [2.75, 3.05) is 6.54 Å². The highest BCUT2D eigenvalue weighted by molar-refractivity contribution is 8.03. The maximum Gasteiger partial charge on any atom is 0.417 e. The van der Waals surface area contributed by atoms with E-state index in [-0.39, 0.29) is 42.4 Å². The van der Waals surface area contributed by atoms with E-state index < -0.39 is 91.4 Å². The number of carbonyl (C=O) groups is 5. The van der Waals surface area contributed by atoms with Crippen LogP contribution in [-0.2, 0) is 51.8 Å². The summed E-state index contributed by atoms with van der Waals surface area (Å²) in [6, 6.07) is 8.81. The van der Waals surface area contributed by atoms with E-state index in [2.05, 4.69) is 0 Å². The van der Waals surface area contributed by atoms with Crippen LogP contribution in [0.5, 0.6) is 0 Å². The second-order valence-electron chi connectivity index (χ2n) is 16.7. The van der Waals surface area contributed by atoms with E-state index in [1.165, 1.54) is 77.0 Å². The fourth-order valence-corrected chi connectivity index (χ4v) is 9.15. The minimum atomic E-state index is -4.03. The van der Waals surface area contributed by atoms with Gasteiger partial charge in [-0.1, -0.05) is 19.1 Å². The number of nitrogens with zero attached hydrogens (tertiary/aromatic N) is 4. The number of nitrogens with two attached hydrogens (primary N) is 1. The Hall–Kier alpha value is -5.05. The van der Waals surface area contributed by atoms with Crippen LogP contribution in [0, 0.1) is 22.0 Å². The van der Waals surface area contributed by atoms with E-state index in [0.29, 0.717) is 16.0 Å². The van der Waals surface area contributed by atoms with Crippen molar-refractivity contribution in [3.63, 3.8) is 0 Å². The third-order valence-corrected chi connectivity index (χ3v) is 12.2. The second-order valence-corrected chi connectivity index (χ2v) is 19.6. The number of non-ortho nitro benzene ring substituents is 1. The van der Waals surface area contributed by atoms with Crippen LogP contribution in [0.3, 0.4) is 0 Å². The van der Waals surface area contributed by atoms with Crippen LogP contribution < -0.4 is 5.14 Å². The van der Waals surface area contributed by atoms with E-state index in [0.717, 1.165) is 4.90 Å². The molecule has 5 rings (SSSR count). The van der Waals surface area contributed by atoms with Crippen LogP contribution in [-0.4, -0.2) is 104 Å². The van der Waals surface area contributed by atoms with Gasteiger partial charge >= 0.3 is 18.2 Å². The fourth-order valence-electron chi connectivity index (χ4n) is 7.12. The number of esters is 1. The van der Waals surface area contributed by atoms with Crippen molar-refractivity contribution < 1.29 is 56.6 Å². The normalized spacial score (nSPS) is 22.3. The molecule has 3 unspecified atom stereocenters. The van der Waals surface area contributed by atoms with E-state index in [1.807, 2.05) is 0 Å². The van der Waals surface area contributed by atoms with Crippen LogP contribution in [0.1, 0.15) is 72.9 Å². The van der Waals surface area contributed by atoms with Gasteiger partial charge in [-0.05, 0) is 90.3 Å². The molecule has 6 atom stereocenters. The number of ether oxygens (including phenoxy) is 3. The highest BCUT2D eigenvalue weighted by atomic mass is 32.2. The Bertz CT molecular complexity index is 2150. The molecule has 0 bridgehead atoms. The molecule has 320 valence electrons. The lowest BCUT2D eigenvalue weighted by Crippen LogP contribution is -2.63. The number of amides is 4. The lowest BCUT2D eigenvalue weighted by Gasteiger charge is -2.46. The Morgan fingerprint density at radius 3 is 2.10 bits per heavy atom. The van der Waals surface area contributed by atoms with Gasteiger partial charge in [0.2, 0.25) is 15.9 Å². The number of aliphatic hydroxyl groups excluding tert-OH is 1. The van der Waals surface area contributed by atoms with Crippen molar-refractivity contribution in [2.45, 2.75) is 114 Å². The number of fused-ring (bicyclic) bond motifs is 1. The van der Waals surface area contributed by atoms with Gasteiger partial charge in [-0.2, -0.15) is 0 Å². The first-order valence-electron chi connectivity index (χ1n) is 18.8. The number of imide groups is 1. The molecule has 20 heteroatoms. The fraction of sp³-hybridized carbons (Fsp3) is 0.513. The van der Waals surface area contributed by atoms with Crippen LogP contribution in [0.2, 0.25) is 0 Å². The zero-order valence-electron chi connectivity index (χ0n) is 33.9. The Morgan fingerprint density at radius 2 is 1.58 bits per heavy atom. The first-order valence-corrected chi connectivity index (χ1v) is 21.2. The van der Waals surface area contributed by atoms with Gasteiger partial charge in [-0.3, -0.25) is 24.6 Å². The summed E-state index contributed by atoms with van der Waals surface area (Å²) in [5, 5.41) is 26.3. The lowest BCUT2D eigenvalue weighted by molar-refractivity contribution is -0.384. The number of rotatable bonds is 11. The average Bonchev–Trinajstić information content (AvgIpc) is 3.64. The largest absolute Gasteiger partial charge is 0.456 e. The van der Waals surface area contributed by atoms with Gasteiger partial charge in [-0.15, -0.1) is 11.8 Å².